The number of hydrogen-bond donors (Lipinski definition) is 0. The number of alkyl halides is 1. The van der Waals surface area contributed by atoms with Crippen molar-refractivity contribution in [2.24, 2.45) is 0 Å². The Bertz CT molecular complexity index is 551. The van der Waals surface area contributed by atoms with Gasteiger partial charge >= 0.3 is 0 Å². The second kappa shape index (κ2) is 11.9. The van der Waals surface area contributed by atoms with E-state index in [-0.39, 0.29) is 17.8 Å². The van der Waals surface area contributed by atoms with Crippen molar-refractivity contribution in [3.63, 3.8) is 0 Å². The standard InChI is InChI=1S/C23H35Cl2N.ClH/c1-2-26(20-11-7-4-8-12-20)16-15-22(24)19-13-14-21(23(25)17-19)18-9-5-3-6-10-18;/h13-14,17-18,20,22H,2-12,15-16H2,1H3;1H. The van der Waals surface area contributed by atoms with Gasteiger partial charge in [-0.2, -0.15) is 0 Å². The monoisotopic (exact) mass is 431 g/mol. The highest BCUT2D eigenvalue weighted by Crippen LogP contribution is 2.38. The largest absolute Gasteiger partial charge is 0.301 e. The third kappa shape index (κ3) is 6.53. The predicted molar refractivity (Wildman–Crippen MR) is 122 cm³/mol. The summed E-state index contributed by atoms with van der Waals surface area (Å²) in [5.74, 6) is 0.654. The number of hydrogen-bond acceptors (Lipinski definition) is 1. The van der Waals surface area contributed by atoms with Gasteiger partial charge in [0.2, 0.25) is 0 Å². The molecule has 0 N–H and O–H groups in total. The van der Waals surface area contributed by atoms with Crippen molar-refractivity contribution < 1.29 is 0 Å². The Morgan fingerprint density at radius 2 is 1.63 bits per heavy atom. The summed E-state index contributed by atoms with van der Waals surface area (Å²) in [5.41, 5.74) is 2.53. The molecule has 2 aliphatic rings. The van der Waals surface area contributed by atoms with E-state index in [1.54, 1.807) is 0 Å². The van der Waals surface area contributed by atoms with Crippen LogP contribution in [0.3, 0.4) is 0 Å². The van der Waals surface area contributed by atoms with Crippen LogP contribution in [-0.2, 0) is 0 Å². The van der Waals surface area contributed by atoms with Gasteiger partial charge in [-0.15, -0.1) is 24.0 Å². The molecular formula is C23H36Cl3N. The Morgan fingerprint density at radius 1 is 1.00 bits per heavy atom. The van der Waals surface area contributed by atoms with Crippen molar-refractivity contribution in [3.8, 4) is 0 Å². The molecule has 2 saturated carbocycles. The molecule has 1 unspecified atom stereocenters. The van der Waals surface area contributed by atoms with E-state index in [0.717, 1.165) is 30.6 Å². The zero-order valence-corrected chi connectivity index (χ0v) is 19.1. The molecule has 1 nitrogen and oxygen atoms in total. The molecule has 0 aromatic heterocycles. The fourth-order valence-electron chi connectivity index (χ4n) is 4.97. The molecule has 1 aromatic carbocycles. The number of rotatable bonds is 7. The lowest BCUT2D eigenvalue weighted by Gasteiger charge is -2.34. The van der Waals surface area contributed by atoms with Crippen LogP contribution in [0.25, 0.3) is 0 Å². The van der Waals surface area contributed by atoms with Crippen LogP contribution in [0.2, 0.25) is 5.02 Å². The zero-order chi connectivity index (χ0) is 18.4. The molecule has 0 aliphatic heterocycles. The van der Waals surface area contributed by atoms with Gasteiger partial charge in [-0.1, -0.05) is 69.2 Å². The van der Waals surface area contributed by atoms with E-state index in [2.05, 4.69) is 30.0 Å². The molecule has 0 radical (unpaired) electrons. The van der Waals surface area contributed by atoms with Crippen molar-refractivity contribution in [2.75, 3.05) is 13.1 Å². The second-order valence-electron chi connectivity index (χ2n) is 8.29. The summed E-state index contributed by atoms with van der Waals surface area (Å²) < 4.78 is 0. The van der Waals surface area contributed by atoms with Crippen molar-refractivity contribution in [3.05, 3.63) is 34.3 Å². The Hall–Kier alpha value is 0.0500. The molecular weight excluding hydrogens is 397 g/mol. The van der Waals surface area contributed by atoms with E-state index < -0.39 is 0 Å². The molecule has 0 saturated heterocycles. The van der Waals surface area contributed by atoms with Gasteiger partial charge in [0.1, 0.15) is 0 Å². The zero-order valence-electron chi connectivity index (χ0n) is 16.8. The first-order valence-corrected chi connectivity index (χ1v) is 11.7. The third-order valence-corrected chi connectivity index (χ3v) is 7.40. The number of nitrogens with zero attached hydrogens (tertiary/aromatic N) is 1. The van der Waals surface area contributed by atoms with Crippen LogP contribution in [0.15, 0.2) is 18.2 Å². The third-order valence-electron chi connectivity index (χ3n) is 6.60. The molecule has 1 atom stereocenters. The quantitative estimate of drug-likeness (QED) is 0.393. The fraction of sp³-hybridized carbons (Fsp3) is 0.739. The highest BCUT2D eigenvalue weighted by molar-refractivity contribution is 6.31. The van der Waals surface area contributed by atoms with Gasteiger partial charge in [0, 0.05) is 17.6 Å². The maximum Gasteiger partial charge on any atom is 0.0597 e. The van der Waals surface area contributed by atoms with Gasteiger partial charge in [0.15, 0.2) is 0 Å². The van der Waals surface area contributed by atoms with E-state index in [1.165, 1.54) is 75.3 Å². The maximum absolute atomic E-state index is 6.77. The lowest BCUT2D eigenvalue weighted by Crippen LogP contribution is -2.37. The SMILES string of the molecule is CCN(CCC(Cl)c1ccc(C2CCCCC2)c(Cl)c1)C1CCCCC1.Cl. The first kappa shape index (κ1) is 23.3. The topological polar surface area (TPSA) is 3.24 Å². The molecule has 0 amide bonds. The van der Waals surface area contributed by atoms with Gasteiger partial charge in [-0.05, 0) is 61.8 Å². The van der Waals surface area contributed by atoms with E-state index in [0.29, 0.717) is 5.92 Å². The summed E-state index contributed by atoms with van der Waals surface area (Å²) in [6, 6.07) is 7.39. The predicted octanol–water partition coefficient (Wildman–Crippen LogP) is 8.13. The van der Waals surface area contributed by atoms with Crippen molar-refractivity contribution in [2.45, 2.75) is 94.9 Å². The van der Waals surface area contributed by atoms with Crippen molar-refractivity contribution >= 4 is 35.6 Å². The van der Waals surface area contributed by atoms with Gasteiger partial charge in [-0.3, -0.25) is 0 Å². The first-order valence-electron chi connectivity index (χ1n) is 10.9. The summed E-state index contributed by atoms with van der Waals surface area (Å²) in [5, 5.41) is 0.991. The van der Waals surface area contributed by atoms with E-state index in [9.17, 15) is 0 Å². The average molecular weight is 433 g/mol. The van der Waals surface area contributed by atoms with Crippen molar-refractivity contribution in [1.82, 2.24) is 4.90 Å². The molecule has 2 fully saturated rings. The van der Waals surface area contributed by atoms with Gasteiger partial charge in [0.05, 0.1) is 5.38 Å². The molecule has 3 rings (SSSR count). The number of benzene rings is 1. The molecule has 27 heavy (non-hydrogen) atoms. The minimum atomic E-state index is 0. The molecule has 2 aliphatic carbocycles. The summed E-state index contributed by atoms with van der Waals surface area (Å²) in [4.78, 5) is 2.65. The van der Waals surface area contributed by atoms with Crippen LogP contribution in [0.1, 0.15) is 100.0 Å². The smallest absolute Gasteiger partial charge is 0.0597 e. The van der Waals surface area contributed by atoms with Crippen LogP contribution in [0, 0.1) is 0 Å². The normalized spacial score (nSPS) is 20.4. The second-order valence-corrected chi connectivity index (χ2v) is 9.23. The average Bonchev–Trinajstić information content (AvgIpc) is 2.69. The van der Waals surface area contributed by atoms with E-state index >= 15 is 0 Å². The van der Waals surface area contributed by atoms with Crippen LogP contribution in [0.5, 0.6) is 0 Å². The van der Waals surface area contributed by atoms with Crippen molar-refractivity contribution in [1.29, 1.82) is 0 Å². The summed E-state index contributed by atoms with van der Waals surface area (Å²) in [6.07, 6.45) is 14.6. The minimum absolute atomic E-state index is 0. The maximum atomic E-state index is 6.77. The molecule has 1 aromatic rings. The Morgan fingerprint density at radius 3 is 2.22 bits per heavy atom. The Kier molecular flexibility index (Phi) is 10.3. The van der Waals surface area contributed by atoms with Crippen LogP contribution in [0.4, 0.5) is 0 Å². The molecule has 154 valence electrons. The van der Waals surface area contributed by atoms with Crippen LogP contribution >= 0.6 is 35.6 Å². The summed E-state index contributed by atoms with van der Waals surface area (Å²) in [6.45, 7) is 4.51. The van der Waals surface area contributed by atoms with Gasteiger partial charge in [0.25, 0.3) is 0 Å². The van der Waals surface area contributed by atoms with Crippen LogP contribution < -0.4 is 0 Å². The molecule has 0 heterocycles. The summed E-state index contributed by atoms with van der Waals surface area (Å²) >= 11 is 13.4. The first-order chi connectivity index (χ1) is 12.7. The van der Waals surface area contributed by atoms with Crippen LogP contribution in [-0.4, -0.2) is 24.0 Å². The molecule has 0 bridgehead atoms. The van der Waals surface area contributed by atoms with Gasteiger partial charge < -0.3 is 4.90 Å². The highest BCUT2D eigenvalue weighted by Gasteiger charge is 2.22. The fourth-order valence-corrected chi connectivity index (χ4v) is 5.55. The van der Waals surface area contributed by atoms with E-state index in [1.807, 2.05) is 0 Å². The van der Waals surface area contributed by atoms with Gasteiger partial charge in [-0.25, -0.2) is 0 Å². The Labute approximate surface area is 182 Å². The molecule has 4 heteroatoms. The lowest BCUT2D eigenvalue weighted by atomic mass is 9.83. The summed E-state index contributed by atoms with van der Waals surface area (Å²) in [7, 11) is 0. The highest BCUT2D eigenvalue weighted by atomic mass is 35.5. The number of halogens is 3. The lowest BCUT2D eigenvalue weighted by molar-refractivity contribution is 0.161. The molecule has 0 spiro atoms. The Balaban J connectivity index is 0.00000261. The minimum Gasteiger partial charge on any atom is -0.301 e. The van der Waals surface area contributed by atoms with E-state index in [4.69, 9.17) is 23.2 Å².